The zero-order valence-electron chi connectivity index (χ0n) is 12.0. The molecular formula is C16H24O4. The third-order valence-electron chi connectivity index (χ3n) is 3.51. The highest BCUT2D eigenvalue weighted by Gasteiger charge is 2.27. The normalized spacial score (nSPS) is 24.2. The fraction of sp³-hybridized carbons (Fsp3) is 0.625. The van der Waals surface area contributed by atoms with Gasteiger partial charge in [0.2, 0.25) is 0 Å². The van der Waals surface area contributed by atoms with Crippen molar-refractivity contribution in [2.75, 3.05) is 0 Å². The first-order valence-electron chi connectivity index (χ1n) is 7.33. The second-order valence-electron chi connectivity index (χ2n) is 5.06. The number of ether oxygens (including phenoxy) is 2. The van der Waals surface area contributed by atoms with Gasteiger partial charge < -0.3 is 9.47 Å². The molecule has 4 nitrogen and oxygen atoms in total. The first kappa shape index (κ1) is 16.5. The van der Waals surface area contributed by atoms with Gasteiger partial charge in [0.05, 0.1) is 0 Å². The number of carbonyl (C=O) groups is 2. The SMILES string of the molecule is C=CC(=O)OC1CCCCCCCCC1OC(=O)C=C. The van der Waals surface area contributed by atoms with E-state index in [1.807, 2.05) is 0 Å². The van der Waals surface area contributed by atoms with Crippen LogP contribution in [0.15, 0.2) is 25.3 Å². The molecule has 0 aromatic rings. The Bertz CT molecular complexity index is 314. The maximum Gasteiger partial charge on any atom is 0.330 e. The smallest absolute Gasteiger partial charge is 0.330 e. The van der Waals surface area contributed by atoms with Crippen molar-refractivity contribution in [3.63, 3.8) is 0 Å². The van der Waals surface area contributed by atoms with Gasteiger partial charge in [-0.2, -0.15) is 0 Å². The minimum atomic E-state index is -0.466. The van der Waals surface area contributed by atoms with E-state index in [-0.39, 0.29) is 12.2 Å². The predicted octanol–water partition coefficient (Wildman–Crippen LogP) is 3.32. The summed E-state index contributed by atoms with van der Waals surface area (Å²) in [6.07, 6.45) is 9.53. The van der Waals surface area contributed by atoms with Crippen LogP contribution in [0.1, 0.15) is 51.4 Å². The Morgan fingerprint density at radius 2 is 1.10 bits per heavy atom. The average molecular weight is 280 g/mol. The molecule has 0 aliphatic heterocycles. The van der Waals surface area contributed by atoms with E-state index in [9.17, 15) is 9.59 Å². The quantitative estimate of drug-likeness (QED) is 0.585. The largest absolute Gasteiger partial charge is 0.455 e. The molecule has 0 aromatic heterocycles. The highest BCUT2D eigenvalue weighted by Crippen LogP contribution is 2.22. The highest BCUT2D eigenvalue weighted by atomic mass is 16.6. The van der Waals surface area contributed by atoms with Crippen molar-refractivity contribution >= 4 is 11.9 Å². The van der Waals surface area contributed by atoms with Gasteiger partial charge in [0, 0.05) is 12.2 Å². The Hall–Kier alpha value is -1.58. The van der Waals surface area contributed by atoms with E-state index in [1.165, 1.54) is 12.8 Å². The molecule has 0 bridgehead atoms. The number of carbonyl (C=O) groups excluding carboxylic acids is 2. The van der Waals surface area contributed by atoms with Gasteiger partial charge in [-0.05, 0) is 25.7 Å². The zero-order chi connectivity index (χ0) is 14.8. The molecule has 0 amide bonds. The summed E-state index contributed by atoms with van der Waals surface area (Å²) >= 11 is 0. The van der Waals surface area contributed by atoms with Crippen LogP contribution in [-0.2, 0) is 19.1 Å². The van der Waals surface area contributed by atoms with E-state index < -0.39 is 11.9 Å². The Morgan fingerprint density at radius 1 is 0.750 bits per heavy atom. The third-order valence-corrected chi connectivity index (χ3v) is 3.51. The number of hydrogen-bond donors (Lipinski definition) is 0. The molecule has 20 heavy (non-hydrogen) atoms. The van der Waals surface area contributed by atoms with Crippen molar-refractivity contribution in [3.05, 3.63) is 25.3 Å². The summed E-state index contributed by atoms with van der Waals surface area (Å²) in [5.74, 6) is -0.932. The van der Waals surface area contributed by atoms with Crippen molar-refractivity contribution in [1.82, 2.24) is 0 Å². The fourth-order valence-corrected chi connectivity index (χ4v) is 2.43. The molecule has 1 aliphatic rings. The Morgan fingerprint density at radius 3 is 1.45 bits per heavy atom. The Labute approximate surface area is 120 Å². The molecule has 2 atom stereocenters. The lowest BCUT2D eigenvalue weighted by molar-refractivity contribution is -0.163. The van der Waals surface area contributed by atoms with E-state index in [1.54, 1.807) is 0 Å². The second kappa shape index (κ2) is 9.34. The topological polar surface area (TPSA) is 52.6 Å². The lowest BCUT2D eigenvalue weighted by Crippen LogP contribution is -2.35. The lowest BCUT2D eigenvalue weighted by Gasteiger charge is -2.27. The summed E-state index contributed by atoms with van der Waals surface area (Å²) in [7, 11) is 0. The molecule has 0 spiro atoms. The number of hydrogen-bond acceptors (Lipinski definition) is 4. The minimum absolute atomic E-state index is 0.387. The van der Waals surface area contributed by atoms with E-state index >= 15 is 0 Å². The van der Waals surface area contributed by atoms with Crippen LogP contribution in [0.25, 0.3) is 0 Å². The summed E-state index contributed by atoms with van der Waals surface area (Å²) in [5, 5.41) is 0. The van der Waals surface area contributed by atoms with E-state index in [0.29, 0.717) is 12.8 Å². The molecule has 0 heterocycles. The number of esters is 2. The van der Waals surface area contributed by atoms with Crippen LogP contribution in [0.5, 0.6) is 0 Å². The van der Waals surface area contributed by atoms with Crippen molar-refractivity contribution in [1.29, 1.82) is 0 Å². The van der Waals surface area contributed by atoms with Crippen LogP contribution in [0.2, 0.25) is 0 Å². The van der Waals surface area contributed by atoms with Crippen LogP contribution < -0.4 is 0 Å². The summed E-state index contributed by atoms with van der Waals surface area (Å²) in [6.45, 7) is 6.81. The monoisotopic (exact) mass is 280 g/mol. The van der Waals surface area contributed by atoms with Gasteiger partial charge in [0.25, 0.3) is 0 Å². The highest BCUT2D eigenvalue weighted by molar-refractivity contribution is 5.82. The van der Waals surface area contributed by atoms with Crippen LogP contribution in [0.4, 0.5) is 0 Å². The molecule has 0 saturated heterocycles. The first-order chi connectivity index (χ1) is 9.67. The summed E-state index contributed by atoms with van der Waals surface area (Å²) in [4.78, 5) is 22.9. The van der Waals surface area contributed by atoms with Crippen molar-refractivity contribution < 1.29 is 19.1 Å². The minimum Gasteiger partial charge on any atom is -0.455 e. The lowest BCUT2D eigenvalue weighted by atomic mass is 9.96. The number of rotatable bonds is 4. The zero-order valence-corrected chi connectivity index (χ0v) is 12.0. The van der Waals surface area contributed by atoms with Crippen LogP contribution in [0.3, 0.4) is 0 Å². The van der Waals surface area contributed by atoms with Crippen molar-refractivity contribution in [2.24, 2.45) is 0 Å². The van der Waals surface area contributed by atoms with Gasteiger partial charge in [-0.3, -0.25) is 0 Å². The van der Waals surface area contributed by atoms with E-state index in [4.69, 9.17) is 9.47 Å². The van der Waals surface area contributed by atoms with Gasteiger partial charge in [-0.1, -0.05) is 38.8 Å². The molecule has 1 fully saturated rings. The standard InChI is InChI=1S/C16H24O4/c1-3-15(17)19-13-11-9-7-5-6-8-10-12-14(13)20-16(18)4-2/h3-4,13-14H,1-2,5-12H2. The molecule has 4 heteroatoms. The van der Waals surface area contributed by atoms with Crippen LogP contribution >= 0.6 is 0 Å². The second-order valence-corrected chi connectivity index (χ2v) is 5.06. The van der Waals surface area contributed by atoms with Crippen LogP contribution in [0, 0.1) is 0 Å². The van der Waals surface area contributed by atoms with E-state index in [2.05, 4.69) is 13.2 Å². The van der Waals surface area contributed by atoms with Crippen LogP contribution in [-0.4, -0.2) is 24.1 Å². The molecule has 0 aromatic carbocycles. The maximum atomic E-state index is 11.4. The van der Waals surface area contributed by atoms with Gasteiger partial charge in [-0.15, -0.1) is 0 Å². The van der Waals surface area contributed by atoms with Crippen molar-refractivity contribution in [2.45, 2.75) is 63.6 Å². The van der Waals surface area contributed by atoms with E-state index in [0.717, 1.165) is 37.8 Å². The summed E-state index contributed by atoms with van der Waals surface area (Å²) < 4.78 is 10.7. The van der Waals surface area contributed by atoms with Gasteiger partial charge in [-0.25, -0.2) is 9.59 Å². The Kier molecular flexibility index (Phi) is 7.70. The first-order valence-corrected chi connectivity index (χ1v) is 7.33. The Balaban J connectivity index is 2.72. The maximum absolute atomic E-state index is 11.4. The van der Waals surface area contributed by atoms with Gasteiger partial charge in [0.1, 0.15) is 12.2 Å². The molecule has 1 saturated carbocycles. The molecule has 1 rings (SSSR count). The molecular weight excluding hydrogens is 256 g/mol. The molecule has 0 radical (unpaired) electrons. The predicted molar refractivity (Wildman–Crippen MR) is 77.1 cm³/mol. The molecule has 112 valence electrons. The summed E-state index contributed by atoms with van der Waals surface area (Å²) in [6, 6.07) is 0. The van der Waals surface area contributed by atoms with Gasteiger partial charge in [0.15, 0.2) is 0 Å². The molecule has 2 unspecified atom stereocenters. The van der Waals surface area contributed by atoms with Gasteiger partial charge >= 0.3 is 11.9 Å². The summed E-state index contributed by atoms with van der Waals surface area (Å²) in [5.41, 5.74) is 0. The molecule has 0 N–H and O–H groups in total. The molecule has 1 aliphatic carbocycles. The fourth-order valence-electron chi connectivity index (χ4n) is 2.43. The average Bonchev–Trinajstić information content (AvgIpc) is 2.47. The van der Waals surface area contributed by atoms with Crippen molar-refractivity contribution in [3.8, 4) is 0 Å². The third kappa shape index (κ3) is 6.04.